The Balaban J connectivity index is 4.27. The first-order valence-electron chi connectivity index (χ1n) is 3.69. The first kappa shape index (κ1) is 12.2. The first-order valence-corrected chi connectivity index (χ1v) is 3.69. The Morgan fingerprint density at radius 3 is 1.77 bits per heavy atom. The van der Waals surface area contributed by atoms with E-state index in [0.29, 0.717) is 4.90 Å². The predicted molar refractivity (Wildman–Crippen MR) is 40.7 cm³/mol. The normalized spacial score (nSPS) is 11.5. The molecule has 0 aromatic rings. The van der Waals surface area contributed by atoms with E-state index in [1.165, 1.54) is 0 Å². The van der Waals surface area contributed by atoms with Crippen LogP contribution in [0, 0.1) is 0 Å². The van der Waals surface area contributed by atoms with E-state index in [9.17, 15) is 18.0 Å². The standard InChI is InChI=1S/C6H12F3N3O/c7-6(8,9)5(13)12(3-1-10)4-2-11/h1-4,10-11H2. The number of nitrogens with two attached hydrogens (primary N) is 2. The van der Waals surface area contributed by atoms with E-state index in [1.807, 2.05) is 0 Å². The van der Waals surface area contributed by atoms with Crippen LogP contribution in [-0.4, -0.2) is 43.2 Å². The van der Waals surface area contributed by atoms with Crippen LogP contribution >= 0.6 is 0 Å². The molecule has 0 aromatic carbocycles. The molecule has 13 heavy (non-hydrogen) atoms. The van der Waals surface area contributed by atoms with Crippen LogP contribution in [0.15, 0.2) is 0 Å². The summed E-state index contributed by atoms with van der Waals surface area (Å²) in [5, 5.41) is 0. The van der Waals surface area contributed by atoms with Crippen LogP contribution in [0.1, 0.15) is 0 Å². The number of alkyl halides is 3. The molecule has 78 valence electrons. The van der Waals surface area contributed by atoms with E-state index >= 15 is 0 Å². The number of amides is 1. The van der Waals surface area contributed by atoms with E-state index in [0.717, 1.165) is 0 Å². The fraction of sp³-hybridized carbons (Fsp3) is 0.833. The number of rotatable bonds is 4. The Morgan fingerprint density at radius 1 is 1.15 bits per heavy atom. The van der Waals surface area contributed by atoms with Crippen molar-refractivity contribution in [2.24, 2.45) is 11.5 Å². The molecule has 0 unspecified atom stereocenters. The molecule has 1 amide bonds. The molecular formula is C6H12F3N3O. The van der Waals surface area contributed by atoms with Crippen LogP contribution < -0.4 is 11.5 Å². The van der Waals surface area contributed by atoms with Gasteiger partial charge in [0.05, 0.1) is 0 Å². The molecule has 0 radical (unpaired) electrons. The lowest BCUT2D eigenvalue weighted by atomic mass is 10.4. The van der Waals surface area contributed by atoms with Gasteiger partial charge in [0.2, 0.25) is 0 Å². The molecule has 4 N–H and O–H groups in total. The highest BCUT2D eigenvalue weighted by Gasteiger charge is 2.41. The highest BCUT2D eigenvalue weighted by molar-refractivity contribution is 5.81. The van der Waals surface area contributed by atoms with Crippen molar-refractivity contribution in [2.75, 3.05) is 26.2 Å². The Morgan fingerprint density at radius 2 is 1.54 bits per heavy atom. The summed E-state index contributed by atoms with van der Waals surface area (Å²) < 4.78 is 35.6. The third-order valence-corrected chi connectivity index (χ3v) is 1.33. The van der Waals surface area contributed by atoms with Gasteiger partial charge >= 0.3 is 12.1 Å². The van der Waals surface area contributed by atoms with Gasteiger partial charge in [0.15, 0.2) is 0 Å². The van der Waals surface area contributed by atoms with Gasteiger partial charge in [-0.1, -0.05) is 0 Å². The van der Waals surface area contributed by atoms with Crippen LogP contribution in [0.25, 0.3) is 0 Å². The zero-order chi connectivity index (χ0) is 10.5. The van der Waals surface area contributed by atoms with Crippen molar-refractivity contribution in [3.05, 3.63) is 0 Å². The average Bonchev–Trinajstić information content (AvgIpc) is 2.01. The molecule has 0 spiro atoms. The van der Waals surface area contributed by atoms with Gasteiger partial charge in [-0.2, -0.15) is 13.2 Å². The number of halogens is 3. The monoisotopic (exact) mass is 199 g/mol. The SMILES string of the molecule is NCCN(CCN)C(=O)C(F)(F)F. The number of nitrogens with zero attached hydrogens (tertiary/aromatic N) is 1. The zero-order valence-electron chi connectivity index (χ0n) is 6.97. The van der Waals surface area contributed by atoms with E-state index in [4.69, 9.17) is 11.5 Å². The van der Waals surface area contributed by atoms with Gasteiger partial charge in [-0.15, -0.1) is 0 Å². The Kier molecular flexibility index (Phi) is 4.71. The minimum Gasteiger partial charge on any atom is -0.332 e. The van der Waals surface area contributed by atoms with Gasteiger partial charge in [-0.25, -0.2) is 0 Å². The number of carbonyl (C=O) groups is 1. The second-order valence-electron chi connectivity index (χ2n) is 2.37. The summed E-state index contributed by atoms with van der Waals surface area (Å²) in [5.74, 6) is -1.89. The van der Waals surface area contributed by atoms with Crippen molar-refractivity contribution in [3.63, 3.8) is 0 Å². The lowest BCUT2D eigenvalue weighted by Crippen LogP contribution is -2.45. The summed E-state index contributed by atoms with van der Waals surface area (Å²) in [6, 6.07) is 0. The summed E-state index contributed by atoms with van der Waals surface area (Å²) in [6.07, 6.45) is -4.84. The molecule has 0 rings (SSSR count). The van der Waals surface area contributed by atoms with Crippen LogP contribution in [0.4, 0.5) is 13.2 Å². The molecule has 0 saturated carbocycles. The van der Waals surface area contributed by atoms with Gasteiger partial charge in [-0.3, -0.25) is 4.79 Å². The van der Waals surface area contributed by atoms with Crippen molar-refractivity contribution < 1.29 is 18.0 Å². The number of carbonyl (C=O) groups excluding carboxylic acids is 1. The van der Waals surface area contributed by atoms with Crippen molar-refractivity contribution in [1.82, 2.24) is 4.90 Å². The minimum atomic E-state index is -4.84. The maximum Gasteiger partial charge on any atom is 0.471 e. The van der Waals surface area contributed by atoms with Crippen LogP contribution in [0.5, 0.6) is 0 Å². The maximum atomic E-state index is 11.9. The summed E-state index contributed by atoms with van der Waals surface area (Å²) in [7, 11) is 0. The molecule has 0 aliphatic carbocycles. The highest BCUT2D eigenvalue weighted by atomic mass is 19.4. The van der Waals surface area contributed by atoms with Gasteiger partial charge in [0, 0.05) is 26.2 Å². The molecule has 0 aliphatic rings. The minimum absolute atomic E-state index is 0.0121. The maximum absolute atomic E-state index is 11.9. The molecule has 0 atom stereocenters. The number of hydrogen-bond donors (Lipinski definition) is 2. The van der Waals surface area contributed by atoms with E-state index < -0.39 is 12.1 Å². The smallest absolute Gasteiger partial charge is 0.332 e. The fourth-order valence-electron chi connectivity index (χ4n) is 0.806. The molecule has 7 heteroatoms. The van der Waals surface area contributed by atoms with Gasteiger partial charge < -0.3 is 16.4 Å². The van der Waals surface area contributed by atoms with Crippen molar-refractivity contribution in [3.8, 4) is 0 Å². The molecule has 0 heterocycles. The van der Waals surface area contributed by atoms with Gasteiger partial charge in [0.1, 0.15) is 0 Å². The Hall–Kier alpha value is -0.820. The van der Waals surface area contributed by atoms with Crippen LogP contribution in [0.2, 0.25) is 0 Å². The summed E-state index contributed by atoms with van der Waals surface area (Å²) in [5.41, 5.74) is 10.1. The molecule has 0 bridgehead atoms. The van der Waals surface area contributed by atoms with Gasteiger partial charge in [0.25, 0.3) is 0 Å². The lowest BCUT2D eigenvalue weighted by Gasteiger charge is -2.21. The largest absolute Gasteiger partial charge is 0.471 e. The summed E-state index contributed by atoms with van der Waals surface area (Å²) in [6.45, 7) is -0.283. The van der Waals surface area contributed by atoms with E-state index in [1.54, 1.807) is 0 Å². The first-order chi connectivity index (χ1) is 5.93. The highest BCUT2D eigenvalue weighted by Crippen LogP contribution is 2.17. The third-order valence-electron chi connectivity index (χ3n) is 1.33. The van der Waals surface area contributed by atoms with Crippen molar-refractivity contribution >= 4 is 5.91 Å². The zero-order valence-corrected chi connectivity index (χ0v) is 6.97. The predicted octanol–water partition coefficient (Wildman–Crippen LogP) is -0.705. The topological polar surface area (TPSA) is 72.3 Å². The fourth-order valence-corrected chi connectivity index (χ4v) is 0.806. The Labute approximate surface area is 73.7 Å². The molecular weight excluding hydrogens is 187 g/mol. The average molecular weight is 199 g/mol. The Bertz CT molecular complexity index is 165. The van der Waals surface area contributed by atoms with Gasteiger partial charge in [-0.05, 0) is 0 Å². The molecule has 0 saturated heterocycles. The second-order valence-corrected chi connectivity index (χ2v) is 2.37. The third kappa shape index (κ3) is 4.09. The van der Waals surface area contributed by atoms with E-state index in [-0.39, 0.29) is 26.2 Å². The van der Waals surface area contributed by atoms with E-state index in [2.05, 4.69) is 0 Å². The molecule has 0 aliphatic heterocycles. The molecule has 4 nitrogen and oxygen atoms in total. The lowest BCUT2D eigenvalue weighted by molar-refractivity contribution is -0.185. The number of hydrogen-bond acceptors (Lipinski definition) is 3. The molecule has 0 aromatic heterocycles. The summed E-state index contributed by atoms with van der Waals surface area (Å²) in [4.78, 5) is 11.2. The van der Waals surface area contributed by atoms with Crippen LogP contribution in [-0.2, 0) is 4.79 Å². The second kappa shape index (κ2) is 5.03. The quantitative estimate of drug-likeness (QED) is 0.628. The van der Waals surface area contributed by atoms with Crippen molar-refractivity contribution in [2.45, 2.75) is 6.18 Å². The summed E-state index contributed by atoms with van der Waals surface area (Å²) >= 11 is 0. The van der Waals surface area contributed by atoms with Crippen molar-refractivity contribution in [1.29, 1.82) is 0 Å². The van der Waals surface area contributed by atoms with Crippen LogP contribution in [0.3, 0.4) is 0 Å². The molecule has 0 fully saturated rings.